The fourth-order valence-electron chi connectivity index (χ4n) is 1.09. The van der Waals surface area contributed by atoms with Crippen molar-refractivity contribution < 1.29 is 4.74 Å². The Morgan fingerprint density at radius 1 is 1.62 bits per heavy atom. The van der Waals surface area contributed by atoms with Gasteiger partial charge in [0.1, 0.15) is 0 Å². The van der Waals surface area contributed by atoms with E-state index in [4.69, 9.17) is 22.1 Å². The Kier molecular flexibility index (Phi) is 3.71. The Labute approximate surface area is 82.6 Å². The van der Waals surface area contributed by atoms with Crippen LogP contribution in [0.15, 0.2) is 0 Å². The number of ether oxygens (including phenoxy) is 1. The summed E-state index contributed by atoms with van der Waals surface area (Å²) in [6.07, 6.45) is 0. The third-order valence-corrected chi connectivity index (χ3v) is 2.25. The van der Waals surface area contributed by atoms with Gasteiger partial charge in [0.25, 0.3) is 0 Å². The minimum atomic E-state index is 0.466. The summed E-state index contributed by atoms with van der Waals surface area (Å²) in [5.41, 5.74) is 7.02. The maximum atomic E-state index is 6.00. The monoisotopic (exact) mass is 203 g/mol. The second-order valence-electron chi connectivity index (χ2n) is 2.81. The van der Waals surface area contributed by atoms with Crippen molar-refractivity contribution in [1.29, 1.82) is 0 Å². The van der Waals surface area contributed by atoms with E-state index in [1.165, 1.54) is 0 Å². The molecule has 13 heavy (non-hydrogen) atoms. The predicted octanol–water partition coefficient (Wildman–Crippen LogP) is 0.857. The largest absolute Gasteiger partial charge is 0.374 e. The van der Waals surface area contributed by atoms with Gasteiger partial charge in [0.05, 0.1) is 29.6 Å². The minimum Gasteiger partial charge on any atom is -0.374 e. The molecule has 1 heterocycles. The fraction of sp³-hybridized carbons (Fsp3) is 0.625. The summed E-state index contributed by atoms with van der Waals surface area (Å²) in [5, 5.41) is 4.84. The van der Waals surface area contributed by atoms with Crippen molar-refractivity contribution in [3.05, 3.63) is 16.4 Å². The third kappa shape index (κ3) is 2.43. The summed E-state index contributed by atoms with van der Waals surface area (Å²) in [7, 11) is 1.85. The molecule has 0 aliphatic carbocycles. The van der Waals surface area contributed by atoms with Crippen molar-refractivity contribution in [2.24, 2.45) is 12.8 Å². The Morgan fingerprint density at radius 3 is 2.77 bits per heavy atom. The first kappa shape index (κ1) is 10.5. The van der Waals surface area contributed by atoms with Crippen molar-refractivity contribution in [3.63, 3.8) is 0 Å². The number of nitrogens with two attached hydrogens (primary N) is 1. The van der Waals surface area contributed by atoms with Crippen molar-refractivity contribution in [1.82, 2.24) is 9.78 Å². The molecule has 0 saturated carbocycles. The SMILES string of the molecule is Cc1nn(C)c(COCCN)c1Cl. The molecule has 2 N–H and O–H groups in total. The number of hydrogen-bond donors (Lipinski definition) is 1. The van der Waals surface area contributed by atoms with Crippen LogP contribution in [0.5, 0.6) is 0 Å². The first-order chi connectivity index (χ1) is 6.16. The van der Waals surface area contributed by atoms with Crippen molar-refractivity contribution >= 4 is 11.6 Å². The fourth-order valence-corrected chi connectivity index (χ4v) is 1.30. The maximum absolute atomic E-state index is 6.00. The Hall–Kier alpha value is -0.580. The van der Waals surface area contributed by atoms with Gasteiger partial charge in [-0.25, -0.2) is 0 Å². The van der Waals surface area contributed by atoms with E-state index in [1.807, 2.05) is 14.0 Å². The van der Waals surface area contributed by atoms with E-state index in [2.05, 4.69) is 5.10 Å². The number of halogens is 1. The zero-order valence-electron chi connectivity index (χ0n) is 7.88. The Bertz CT molecular complexity index is 285. The lowest BCUT2D eigenvalue weighted by Crippen LogP contribution is -2.09. The van der Waals surface area contributed by atoms with Crippen LogP contribution in [0.2, 0.25) is 5.02 Å². The number of rotatable bonds is 4. The van der Waals surface area contributed by atoms with Crippen LogP contribution in [0, 0.1) is 6.92 Å². The van der Waals surface area contributed by atoms with Gasteiger partial charge in [-0.3, -0.25) is 4.68 Å². The molecule has 0 atom stereocenters. The van der Waals surface area contributed by atoms with Gasteiger partial charge in [-0.05, 0) is 6.92 Å². The quantitative estimate of drug-likeness (QED) is 0.739. The molecule has 0 aromatic carbocycles. The molecule has 0 radical (unpaired) electrons. The number of aryl methyl sites for hydroxylation is 2. The smallest absolute Gasteiger partial charge is 0.0900 e. The Balaban J connectivity index is 2.64. The second kappa shape index (κ2) is 4.60. The topological polar surface area (TPSA) is 53.1 Å². The molecule has 0 unspecified atom stereocenters. The molecular weight excluding hydrogens is 190 g/mol. The molecule has 1 rings (SSSR count). The number of nitrogens with zero attached hydrogens (tertiary/aromatic N) is 2. The molecule has 0 aliphatic heterocycles. The predicted molar refractivity (Wildman–Crippen MR) is 51.7 cm³/mol. The van der Waals surface area contributed by atoms with Crippen LogP contribution >= 0.6 is 11.6 Å². The standard InChI is InChI=1S/C8H14ClN3O/c1-6-8(9)7(12(2)11-6)5-13-4-3-10/h3-5,10H2,1-2H3. The van der Waals surface area contributed by atoms with Crippen molar-refractivity contribution in [3.8, 4) is 0 Å². The molecule has 0 saturated heterocycles. The van der Waals surface area contributed by atoms with E-state index in [9.17, 15) is 0 Å². The molecule has 74 valence electrons. The summed E-state index contributed by atoms with van der Waals surface area (Å²) in [6, 6.07) is 0. The Morgan fingerprint density at radius 2 is 2.31 bits per heavy atom. The molecule has 0 fully saturated rings. The van der Waals surface area contributed by atoms with E-state index < -0.39 is 0 Å². The summed E-state index contributed by atoms with van der Waals surface area (Å²) in [4.78, 5) is 0. The summed E-state index contributed by atoms with van der Waals surface area (Å²) < 4.78 is 7.00. The van der Waals surface area contributed by atoms with Crippen LogP contribution in [0.25, 0.3) is 0 Å². The highest BCUT2D eigenvalue weighted by molar-refractivity contribution is 6.31. The highest BCUT2D eigenvalue weighted by Gasteiger charge is 2.10. The zero-order chi connectivity index (χ0) is 9.84. The van der Waals surface area contributed by atoms with Gasteiger partial charge in [-0.15, -0.1) is 0 Å². The number of hydrogen-bond acceptors (Lipinski definition) is 3. The zero-order valence-corrected chi connectivity index (χ0v) is 8.64. The van der Waals surface area contributed by atoms with Gasteiger partial charge in [0.2, 0.25) is 0 Å². The van der Waals surface area contributed by atoms with E-state index in [-0.39, 0.29) is 0 Å². The van der Waals surface area contributed by atoms with Gasteiger partial charge >= 0.3 is 0 Å². The maximum Gasteiger partial charge on any atom is 0.0900 e. The molecule has 0 amide bonds. The van der Waals surface area contributed by atoms with Crippen LogP contribution < -0.4 is 5.73 Å². The lowest BCUT2D eigenvalue weighted by Gasteiger charge is -2.03. The van der Waals surface area contributed by atoms with Crippen LogP contribution in [-0.2, 0) is 18.4 Å². The van der Waals surface area contributed by atoms with E-state index in [0.717, 1.165) is 11.4 Å². The lowest BCUT2D eigenvalue weighted by molar-refractivity contribution is 0.123. The molecule has 0 bridgehead atoms. The second-order valence-corrected chi connectivity index (χ2v) is 3.19. The van der Waals surface area contributed by atoms with E-state index >= 15 is 0 Å². The molecule has 4 nitrogen and oxygen atoms in total. The van der Waals surface area contributed by atoms with Crippen LogP contribution in [0.1, 0.15) is 11.4 Å². The van der Waals surface area contributed by atoms with E-state index in [0.29, 0.717) is 24.8 Å². The van der Waals surface area contributed by atoms with Gasteiger partial charge in [0, 0.05) is 13.6 Å². The first-order valence-electron chi connectivity index (χ1n) is 4.12. The summed E-state index contributed by atoms with van der Waals surface area (Å²) in [5.74, 6) is 0. The molecule has 5 heteroatoms. The van der Waals surface area contributed by atoms with Gasteiger partial charge in [-0.2, -0.15) is 5.10 Å². The normalized spacial score (nSPS) is 10.8. The highest BCUT2D eigenvalue weighted by Crippen LogP contribution is 2.19. The van der Waals surface area contributed by atoms with Gasteiger partial charge in [-0.1, -0.05) is 11.6 Å². The minimum absolute atomic E-state index is 0.466. The molecule has 0 spiro atoms. The van der Waals surface area contributed by atoms with Crippen LogP contribution in [0.4, 0.5) is 0 Å². The lowest BCUT2D eigenvalue weighted by atomic mass is 10.4. The van der Waals surface area contributed by atoms with Gasteiger partial charge in [0.15, 0.2) is 0 Å². The number of aromatic nitrogens is 2. The first-order valence-corrected chi connectivity index (χ1v) is 4.50. The van der Waals surface area contributed by atoms with Crippen molar-refractivity contribution in [2.45, 2.75) is 13.5 Å². The average Bonchev–Trinajstić information content (AvgIpc) is 2.32. The summed E-state index contributed by atoms with van der Waals surface area (Å²) >= 11 is 6.00. The molecule has 0 aliphatic rings. The van der Waals surface area contributed by atoms with Crippen molar-refractivity contribution in [2.75, 3.05) is 13.2 Å². The molecular formula is C8H14ClN3O. The van der Waals surface area contributed by atoms with Crippen LogP contribution in [0.3, 0.4) is 0 Å². The van der Waals surface area contributed by atoms with E-state index in [1.54, 1.807) is 4.68 Å². The van der Waals surface area contributed by atoms with Gasteiger partial charge < -0.3 is 10.5 Å². The van der Waals surface area contributed by atoms with Crippen LogP contribution in [-0.4, -0.2) is 22.9 Å². The highest BCUT2D eigenvalue weighted by atomic mass is 35.5. The summed E-state index contributed by atoms with van der Waals surface area (Å²) in [6.45, 7) is 3.40. The molecule has 1 aromatic rings. The average molecular weight is 204 g/mol. The third-order valence-electron chi connectivity index (χ3n) is 1.76. The molecule has 1 aromatic heterocycles.